The maximum absolute atomic E-state index is 12.9. The molecule has 0 heterocycles. The van der Waals surface area contributed by atoms with Gasteiger partial charge in [-0.1, -0.05) is 78.1 Å². The van der Waals surface area contributed by atoms with E-state index in [-0.39, 0.29) is 23.4 Å². The first-order chi connectivity index (χ1) is 16.6. The largest absolute Gasteiger partial charge is 0.462 e. The van der Waals surface area contributed by atoms with Gasteiger partial charge in [-0.15, -0.1) is 0 Å². The average molecular weight is 472 g/mol. The number of rotatable bonds is 12. The van der Waals surface area contributed by atoms with E-state index in [0.29, 0.717) is 0 Å². The molecule has 0 N–H and O–H groups in total. The van der Waals surface area contributed by atoms with Crippen LogP contribution in [0.25, 0.3) is 0 Å². The average Bonchev–Trinajstić information content (AvgIpc) is 2.89. The first kappa shape index (κ1) is 27.5. The maximum Gasteiger partial charge on any atom is 0.309 e. The van der Waals surface area contributed by atoms with Gasteiger partial charge in [-0.3, -0.25) is 4.79 Å². The Bertz CT molecular complexity index is 614. The number of esters is 1. The third kappa shape index (κ3) is 8.27. The van der Waals surface area contributed by atoms with Crippen molar-refractivity contribution < 1.29 is 9.53 Å². The van der Waals surface area contributed by atoms with Crippen LogP contribution in [0.3, 0.4) is 0 Å². The second-order valence-electron chi connectivity index (χ2n) is 12.2. The Balaban J connectivity index is 1.32. The second kappa shape index (κ2) is 14.5. The number of carbonyl (C=O) groups excluding carboxylic acids is 1. The molecule has 0 atom stereocenters. The highest BCUT2D eigenvalue weighted by Crippen LogP contribution is 2.44. The Kier molecular flexibility index (Phi) is 11.7. The molecule has 0 amide bonds. The van der Waals surface area contributed by atoms with E-state index < -0.39 is 0 Å². The summed E-state index contributed by atoms with van der Waals surface area (Å²) in [6, 6.07) is 2.65. The molecule has 3 saturated carbocycles. The molecule has 0 aromatic heterocycles. The smallest absolute Gasteiger partial charge is 0.309 e. The summed E-state index contributed by atoms with van der Waals surface area (Å²) < 4.78 is 6.01. The van der Waals surface area contributed by atoms with Gasteiger partial charge in [0.25, 0.3) is 0 Å². The first-order valence-electron chi connectivity index (χ1n) is 15.2. The van der Waals surface area contributed by atoms with E-state index >= 15 is 0 Å². The van der Waals surface area contributed by atoms with Crippen LogP contribution in [0.2, 0.25) is 0 Å². The fraction of sp³-hybridized carbons (Fsp3) is 0.935. The number of hydrogen-bond acceptors (Lipinski definition) is 3. The fourth-order valence-electron chi connectivity index (χ4n) is 7.27. The lowest BCUT2D eigenvalue weighted by molar-refractivity contribution is -0.158. The van der Waals surface area contributed by atoms with Crippen LogP contribution in [-0.4, -0.2) is 12.1 Å². The third-order valence-electron chi connectivity index (χ3n) is 9.80. The molecule has 0 aromatic rings. The molecule has 3 aliphatic rings. The molecule has 0 saturated heterocycles. The van der Waals surface area contributed by atoms with Gasteiger partial charge in [0.2, 0.25) is 0 Å². The lowest BCUT2D eigenvalue weighted by Gasteiger charge is -2.38. The van der Waals surface area contributed by atoms with Crippen LogP contribution in [0.15, 0.2) is 0 Å². The number of carbonyl (C=O) groups is 1. The minimum absolute atomic E-state index is 0.0465. The molecule has 3 fully saturated rings. The highest BCUT2D eigenvalue weighted by Gasteiger charge is 2.38. The van der Waals surface area contributed by atoms with Gasteiger partial charge in [0.1, 0.15) is 6.10 Å². The van der Waals surface area contributed by atoms with E-state index in [1.54, 1.807) is 0 Å². The van der Waals surface area contributed by atoms with Gasteiger partial charge >= 0.3 is 5.97 Å². The SMILES string of the molecule is CCCCCCCC1(C#N)CCC(OC(=O)C2CCC(C3CCC(CCCC)CC3)CC2)CC1. The van der Waals surface area contributed by atoms with Crippen molar-refractivity contribution in [2.24, 2.45) is 29.1 Å². The second-order valence-corrected chi connectivity index (χ2v) is 12.2. The molecule has 0 radical (unpaired) electrons. The molecule has 0 bridgehead atoms. The van der Waals surface area contributed by atoms with Gasteiger partial charge in [-0.25, -0.2) is 0 Å². The van der Waals surface area contributed by atoms with Crippen molar-refractivity contribution in [3.63, 3.8) is 0 Å². The summed E-state index contributed by atoms with van der Waals surface area (Å²) in [5.74, 6) is 2.93. The van der Waals surface area contributed by atoms with Gasteiger partial charge in [0.15, 0.2) is 0 Å². The molecule has 194 valence electrons. The Hall–Kier alpha value is -1.04. The number of hydrogen-bond donors (Lipinski definition) is 0. The summed E-state index contributed by atoms with van der Waals surface area (Å²) in [6.45, 7) is 4.55. The van der Waals surface area contributed by atoms with Gasteiger partial charge < -0.3 is 4.74 Å². The highest BCUT2D eigenvalue weighted by atomic mass is 16.5. The van der Waals surface area contributed by atoms with Crippen molar-refractivity contribution in [3.05, 3.63) is 0 Å². The lowest BCUT2D eigenvalue weighted by Crippen LogP contribution is -2.34. The topological polar surface area (TPSA) is 50.1 Å². The van der Waals surface area contributed by atoms with E-state index in [4.69, 9.17) is 4.74 Å². The van der Waals surface area contributed by atoms with Crippen molar-refractivity contribution in [1.29, 1.82) is 5.26 Å². The standard InChI is InChI=1S/C31H53NO2/c1-3-5-7-8-9-21-31(24-32)22-19-29(20-23-31)34-30(33)28-17-15-27(16-18-28)26-13-11-25(12-14-26)10-6-4-2/h25-29H,3-23H2,1-2H3. The molecule has 3 rings (SSSR count). The number of ether oxygens (including phenoxy) is 1. The zero-order valence-electron chi connectivity index (χ0n) is 22.5. The predicted molar refractivity (Wildman–Crippen MR) is 140 cm³/mol. The summed E-state index contributed by atoms with van der Waals surface area (Å²) in [5, 5.41) is 9.84. The van der Waals surface area contributed by atoms with E-state index in [1.165, 1.54) is 89.9 Å². The van der Waals surface area contributed by atoms with Crippen LogP contribution in [0.4, 0.5) is 0 Å². The van der Waals surface area contributed by atoms with Crippen LogP contribution in [0.5, 0.6) is 0 Å². The van der Waals surface area contributed by atoms with Gasteiger partial charge in [0, 0.05) is 0 Å². The maximum atomic E-state index is 12.9. The number of nitriles is 1. The van der Waals surface area contributed by atoms with Crippen molar-refractivity contribution in [1.82, 2.24) is 0 Å². The minimum atomic E-state index is -0.164. The quantitative estimate of drug-likeness (QED) is 0.210. The van der Waals surface area contributed by atoms with E-state index in [2.05, 4.69) is 19.9 Å². The molecular weight excluding hydrogens is 418 g/mol. The summed E-state index contributed by atoms with van der Waals surface area (Å²) in [5.41, 5.74) is -0.164. The molecule has 0 spiro atoms. The highest BCUT2D eigenvalue weighted by molar-refractivity contribution is 5.72. The van der Waals surface area contributed by atoms with Crippen LogP contribution >= 0.6 is 0 Å². The molecule has 0 aliphatic heterocycles. The normalized spacial score (nSPS) is 34.3. The lowest BCUT2D eigenvalue weighted by atomic mass is 9.68. The number of nitrogens with zero attached hydrogens (tertiary/aromatic N) is 1. The van der Waals surface area contributed by atoms with Gasteiger partial charge in [0.05, 0.1) is 17.4 Å². The summed E-state index contributed by atoms with van der Waals surface area (Å²) in [6.07, 6.45) is 25.4. The Morgan fingerprint density at radius 1 is 0.794 bits per heavy atom. The molecule has 0 unspecified atom stereocenters. The monoisotopic (exact) mass is 471 g/mol. The van der Waals surface area contributed by atoms with Crippen molar-refractivity contribution in [2.45, 2.75) is 155 Å². The molecule has 34 heavy (non-hydrogen) atoms. The molecule has 3 aliphatic carbocycles. The predicted octanol–water partition coefficient (Wildman–Crippen LogP) is 9.15. The third-order valence-corrected chi connectivity index (χ3v) is 9.80. The molecule has 3 heteroatoms. The fourth-order valence-corrected chi connectivity index (χ4v) is 7.27. The van der Waals surface area contributed by atoms with Crippen molar-refractivity contribution >= 4 is 5.97 Å². The van der Waals surface area contributed by atoms with Crippen LogP contribution in [-0.2, 0) is 9.53 Å². The van der Waals surface area contributed by atoms with Crippen LogP contribution in [0.1, 0.15) is 149 Å². The molecule has 0 aromatic carbocycles. The van der Waals surface area contributed by atoms with Crippen LogP contribution in [0, 0.1) is 40.4 Å². The summed E-state index contributed by atoms with van der Waals surface area (Å²) in [4.78, 5) is 12.9. The van der Waals surface area contributed by atoms with Gasteiger partial charge in [-0.2, -0.15) is 5.26 Å². The van der Waals surface area contributed by atoms with E-state index in [0.717, 1.165) is 62.7 Å². The Labute approximate surface area is 210 Å². The molecule has 3 nitrogen and oxygen atoms in total. The zero-order chi connectivity index (χ0) is 24.2. The molecular formula is C31H53NO2. The zero-order valence-corrected chi connectivity index (χ0v) is 22.5. The Morgan fingerprint density at radius 3 is 1.97 bits per heavy atom. The minimum Gasteiger partial charge on any atom is -0.462 e. The van der Waals surface area contributed by atoms with E-state index in [1.807, 2.05) is 0 Å². The first-order valence-corrected chi connectivity index (χ1v) is 15.2. The van der Waals surface area contributed by atoms with E-state index in [9.17, 15) is 10.1 Å². The van der Waals surface area contributed by atoms with Crippen molar-refractivity contribution in [3.8, 4) is 6.07 Å². The Morgan fingerprint density at radius 2 is 1.38 bits per heavy atom. The number of unbranched alkanes of at least 4 members (excludes halogenated alkanes) is 5. The summed E-state index contributed by atoms with van der Waals surface area (Å²) in [7, 11) is 0. The van der Waals surface area contributed by atoms with Gasteiger partial charge in [-0.05, 0) is 88.4 Å². The summed E-state index contributed by atoms with van der Waals surface area (Å²) >= 11 is 0. The van der Waals surface area contributed by atoms with Crippen molar-refractivity contribution in [2.75, 3.05) is 0 Å². The van der Waals surface area contributed by atoms with Crippen LogP contribution < -0.4 is 0 Å².